The maximum Gasteiger partial charge on any atom is 0.335 e. The summed E-state index contributed by atoms with van der Waals surface area (Å²) in [7, 11) is 1.46. The van der Waals surface area contributed by atoms with Crippen LogP contribution in [0.4, 0.5) is 10.5 Å². The van der Waals surface area contributed by atoms with Crippen LogP contribution in [-0.2, 0) is 16.2 Å². The molecule has 184 valence electrons. The second-order valence-corrected chi connectivity index (χ2v) is 9.63. The van der Waals surface area contributed by atoms with Crippen molar-refractivity contribution < 1.29 is 23.9 Å². The molecule has 1 saturated heterocycles. The average Bonchev–Trinajstić information content (AvgIpc) is 2.83. The quantitative estimate of drug-likeness (QED) is 0.249. The van der Waals surface area contributed by atoms with Crippen molar-refractivity contribution in [1.82, 2.24) is 5.32 Å². The number of hydrogen-bond donors (Lipinski definition) is 1. The lowest BCUT2D eigenvalue weighted by atomic mass is 10.1. The molecule has 0 spiro atoms. The highest BCUT2D eigenvalue weighted by molar-refractivity contribution is 9.10. The van der Waals surface area contributed by atoms with Gasteiger partial charge in [-0.05, 0) is 76.1 Å². The third-order valence-corrected chi connectivity index (χ3v) is 6.56. The minimum absolute atomic E-state index is 0.143. The van der Waals surface area contributed by atoms with E-state index in [1.54, 1.807) is 30.3 Å². The highest BCUT2D eigenvalue weighted by Crippen LogP contribution is 2.38. The Hall–Kier alpha value is -3.04. The monoisotopic (exact) mass is 608 g/mol. The van der Waals surface area contributed by atoms with Crippen molar-refractivity contribution >= 4 is 80.3 Å². The molecule has 4 rings (SSSR count). The highest BCUT2D eigenvalue weighted by atomic mass is 79.9. The number of urea groups is 1. The lowest BCUT2D eigenvalue weighted by Crippen LogP contribution is -2.54. The number of methoxy groups -OCH3 is 1. The van der Waals surface area contributed by atoms with E-state index in [0.29, 0.717) is 36.6 Å². The number of nitrogens with zero attached hydrogens (tertiary/aromatic N) is 1. The van der Waals surface area contributed by atoms with Crippen molar-refractivity contribution in [3.05, 3.63) is 90.8 Å². The van der Waals surface area contributed by atoms with Gasteiger partial charge in [-0.3, -0.25) is 14.9 Å². The molecule has 36 heavy (non-hydrogen) atoms. The largest absolute Gasteiger partial charge is 0.493 e. The summed E-state index contributed by atoms with van der Waals surface area (Å²) in [6.07, 6.45) is 1.36. The number of rotatable bonds is 6. The summed E-state index contributed by atoms with van der Waals surface area (Å²) >= 11 is 21.5. The Morgan fingerprint density at radius 1 is 0.972 bits per heavy atom. The van der Waals surface area contributed by atoms with E-state index in [1.807, 2.05) is 0 Å². The molecule has 3 aromatic carbocycles. The van der Waals surface area contributed by atoms with Crippen LogP contribution in [0.2, 0.25) is 15.1 Å². The topological polar surface area (TPSA) is 84.9 Å². The summed E-state index contributed by atoms with van der Waals surface area (Å²) in [6.45, 7) is 0.143. The number of hydrogen-bond acceptors (Lipinski definition) is 5. The molecule has 0 unspecified atom stereocenters. The summed E-state index contributed by atoms with van der Waals surface area (Å²) in [5.41, 5.74) is 1.21. The number of anilines is 1. The van der Waals surface area contributed by atoms with Gasteiger partial charge in [-0.2, -0.15) is 0 Å². The zero-order valence-corrected chi connectivity index (χ0v) is 22.3. The fourth-order valence-electron chi connectivity index (χ4n) is 3.40. The molecule has 0 aliphatic carbocycles. The number of ether oxygens (including phenoxy) is 2. The first kappa shape index (κ1) is 26.0. The van der Waals surface area contributed by atoms with Gasteiger partial charge < -0.3 is 9.47 Å². The van der Waals surface area contributed by atoms with Gasteiger partial charge in [-0.15, -0.1) is 0 Å². The van der Waals surface area contributed by atoms with Gasteiger partial charge in [0.15, 0.2) is 11.5 Å². The lowest BCUT2D eigenvalue weighted by molar-refractivity contribution is -0.122. The minimum Gasteiger partial charge on any atom is -0.493 e. The summed E-state index contributed by atoms with van der Waals surface area (Å²) in [4.78, 5) is 38.9. The van der Waals surface area contributed by atoms with Crippen molar-refractivity contribution in [3.8, 4) is 11.5 Å². The first-order chi connectivity index (χ1) is 17.2. The zero-order chi connectivity index (χ0) is 26.0. The van der Waals surface area contributed by atoms with E-state index in [9.17, 15) is 14.4 Å². The Balaban J connectivity index is 1.64. The standard InChI is InChI=1S/C25H16BrCl3N2O5/c1-35-21-10-13(9-19(26)22(21)36-12-14-2-3-16(28)11-20(14)29)8-18-23(32)30-25(34)31(24(18)33)17-6-4-15(27)5-7-17/h2-11H,12H2,1H3,(H,30,32,34)/b18-8+. The maximum absolute atomic E-state index is 13.1. The smallest absolute Gasteiger partial charge is 0.335 e. The van der Waals surface area contributed by atoms with Gasteiger partial charge in [0.2, 0.25) is 0 Å². The van der Waals surface area contributed by atoms with Crippen LogP contribution in [0.5, 0.6) is 11.5 Å². The van der Waals surface area contributed by atoms with E-state index in [0.717, 1.165) is 10.5 Å². The summed E-state index contributed by atoms with van der Waals surface area (Å²) in [6, 6.07) is 13.6. The van der Waals surface area contributed by atoms with Gasteiger partial charge in [0, 0.05) is 20.6 Å². The molecule has 3 aromatic rings. The molecule has 1 heterocycles. The Kier molecular flexibility index (Phi) is 7.90. The van der Waals surface area contributed by atoms with Gasteiger partial charge in [0.1, 0.15) is 12.2 Å². The van der Waals surface area contributed by atoms with E-state index in [-0.39, 0.29) is 17.9 Å². The average molecular weight is 611 g/mol. The summed E-state index contributed by atoms with van der Waals surface area (Å²) < 4.78 is 11.9. The van der Waals surface area contributed by atoms with Crippen LogP contribution in [-0.4, -0.2) is 25.0 Å². The van der Waals surface area contributed by atoms with Crippen molar-refractivity contribution in [1.29, 1.82) is 0 Å². The van der Waals surface area contributed by atoms with Crippen LogP contribution in [0.1, 0.15) is 11.1 Å². The number of benzene rings is 3. The molecule has 11 heteroatoms. The predicted octanol–water partition coefficient (Wildman–Crippen LogP) is 6.66. The first-order valence-corrected chi connectivity index (χ1v) is 12.2. The zero-order valence-electron chi connectivity index (χ0n) is 18.5. The highest BCUT2D eigenvalue weighted by Gasteiger charge is 2.36. The number of halogens is 4. The van der Waals surface area contributed by atoms with Crippen molar-refractivity contribution in [2.24, 2.45) is 0 Å². The molecule has 1 aliphatic rings. The summed E-state index contributed by atoms with van der Waals surface area (Å²) in [5, 5.41) is 3.59. The molecule has 0 radical (unpaired) electrons. The third-order valence-electron chi connectivity index (χ3n) is 5.14. The van der Waals surface area contributed by atoms with E-state index >= 15 is 0 Å². The number of amides is 4. The molecule has 0 atom stereocenters. The molecule has 1 N–H and O–H groups in total. The molecule has 0 aromatic heterocycles. The number of barbiturate groups is 1. The first-order valence-electron chi connectivity index (χ1n) is 10.3. The minimum atomic E-state index is -0.854. The molecular formula is C25H16BrCl3N2O5. The molecule has 4 amide bonds. The fraction of sp³-hybridized carbons (Fsp3) is 0.0800. The van der Waals surface area contributed by atoms with Gasteiger partial charge in [-0.1, -0.05) is 40.9 Å². The Labute approximate surface area is 229 Å². The van der Waals surface area contributed by atoms with Crippen molar-refractivity contribution in [2.45, 2.75) is 6.61 Å². The van der Waals surface area contributed by atoms with Crippen LogP contribution in [0.3, 0.4) is 0 Å². The number of imide groups is 2. The van der Waals surface area contributed by atoms with Crippen LogP contribution < -0.4 is 19.7 Å². The SMILES string of the molecule is COc1cc(/C=C2\C(=O)NC(=O)N(c3ccc(Cl)cc3)C2=O)cc(Br)c1OCc1ccc(Cl)cc1Cl. The second-order valence-electron chi connectivity index (χ2n) is 7.49. The Morgan fingerprint density at radius 3 is 2.33 bits per heavy atom. The molecular weight excluding hydrogens is 595 g/mol. The van der Waals surface area contributed by atoms with Gasteiger partial charge in [0.05, 0.1) is 17.3 Å². The van der Waals surface area contributed by atoms with Gasteiger partial charge >= 0.3 is 6.03 Å². The number of nitrogens with one attached hydrogen (secondary N) is 1. The van der Waals surface area contributed by atoms with Gasteiger partial charge in [0.25, 0.3) is 11.8 Å². The summed E-state index contributed by atoms with van der Waals surface area (Å²) in [5.74, 6) is -0.861. The predicted molar refractivity (Wildman–Crippen MR) is 142 cm³/mol. The third kappa shape index (κ3) is 5.52. The molecule has 0 saturated carbocycles. The molecule has 1 fully saturated rings. The van der Waals surface area contributed by atoms with Crippen LogP contribution >= 0.6 is 50.7 Å². The van der Waals surface area contributed by atoms with Crippen molar-refractivity contribution in [2.75, 3.05) is 12.0 Å². The van der Waals surface area contributed by atoms with Crippen LogP contribution in [0.15, 0.2) is 64.6 Å². The normalized spacial score (nSPS) is 14.8. The van der Waals surface area contributed by atoms with Crippen LogP contribution in [0.25, 0.3) is 6.08 Å². The van der Waals surface area contributed by atoms with Crippen molar-refractivity contribution in [3.63, 3.8) is 0 Å². The Morgan fingerprint density at radius 2 is 1.67 bits per heavy atom. The van der Waals surface area contributed by atoms with E-state index < -0.39 is 17.8 Å². The molecule has 7 nitrogen and oxygen atoms in total. The molecule has 0 bridgehead atoms. The Bertz CT molecular complexity index is 1410. The second kappa shape index (κ2) is 10.9. The van der Waals surface area contributed by atoms with Crippen LogP contribution in [0, 0.1) is 0 Å². The number of carbonyl (C=O) groups is 3. The lowest BCUT2D eigenvalue weighted by Gasteiger charge is -2.26. The van der Waals surface area contributed by atoms with E-state index in [1.165, 1.54) is 37.5 Å². The fourth-order valence-corrected chi connectivity index (χ4v) is 4.56. The van der Waals surface area contributed by atoms with Gasteiger partial charge in [-0.25, -0.2) is 9.69 Å². The molecule has 1 aliphatic heterocycles. The number of carbonyl (C=O) groups excluding carboxylic acids is 3. The maximum atomic E-state index is 13.1. The van der Waals surface area contributed by atoms with E-state index in [4.69, 9.17) is 44.3 Å². The van der Waals surface area contributed by atoms with E-state index in [2.05, 4.69) is 21.2 Å².